The van der Waals surface area contributed by atoms with Crippen molar-refractivity contribution in [1.29, 1.82) is 0 Å². The van der Waals surface area contributed by atoms with Crippen LogP contribution in [0.5, 0.6) is 0 Å². The fourth-order valence-electron chi connectivity index (χ4n) is 3.90. The standard InChI is InChI=1S/C16H26N2S/c1-3-17-15-6-4-5-13(15)11-18-9-7-16-14(12(18)2)8-10-19-16/h8,10,12-13,15,17H,3-7,9,11H2,1-2H3. The molecule has 1 aliphatic carbocycles. The van der Waals surface area contributed by atoms with E-state index in [1.807, 2.05) is 11.3 Å². The van der Waals surface area contributed by atoms with E-state index in [9.17, 15) is 0 Å². The van der Waals surface area contributed by atoms with Gasteiger partial charge >= 0.3 is 0 Å². The number of nitrogens with one attached hydrogen (secondary N) is 1. The summed E-state index contributed by atoms with van der Waals surface area (Å²) in [6.45, 7) is 8.28. The first-order valence-corrected chi connectivity index (χ1v) is 8.71. The molecule has 0 saturated heterocycles. The number of fused-ring (bicyclic) bond motifs is 1. The Hall–Kier alpha value is -0.380. The van der Waals surface area contributed by atoms with Crippen LogP contribution in [0.1, 0.15) is 49.6 Å². The van der Waals surface area contributed by atoms with E-state index in [4.69, 9.17) is 0 Å². The molecule has 0 radical (unpaired) electrons. The average molecular weight is 278 g/mol. The first-order valence-electron chi connectivity index (χ1n) is 7.83. The lowest BCUT2D eigenvalue weighted by Crippen LogP contribution is -2.42. The van der Waals surface area contributed by atoms with Crippen molar-refractivity contribution in [3.05, 3.63) is 21.9 Å². The first kappa shape index (κ1) is 13.6. The van der Waals surface area contributed by atoms with E-state index in [0.717, 1.165) is 18.5 Å². The molecular formula is C16H26N2S. The van der Waals surface area contributed by atoms with Gasteiger partial charge in [-0.25, -0.2) is 0 Å². The summed E-state index contributed by atoms with van der Waals surface area (Å²) in [4.78, 5) is 4.34. The lowest BCUT2D eigenvalue weighted by molar-refractivity contribution is 0.159. The minimum Gasteiger partial charge on any atom is -0.314 e. The molecule has 3 atom stereocenters. The van der Waals surface area contributed by atoms with Crippen LogP contribution in [-0.2, 0) is 6.42 Å². The minimum atomic E-state index is 0.623. The molecule has 1 fully saturated rings. The van der Waals surface area contributed by atoms with E-state index in [2.05, 4.69) is 35.5 Å². The number of hydrogen-bond donors (Lipinski definition) is 1. The number of rotatable bonds is 4. The van der Waals surface area contributed by atoms with Crippen molar-refractivity contribution in [2.24, 2.45) is 5.92 Å². The number of hydrogen-bond acceptors (Lipinski definition) is 3. The lowest BCUT2D eigenvalue weighted by Gasteiger charge is -2.36. The molecule has 0 spiro atoms. The second-order valence-electron chi connectivity index (χ2n) is 6.08. The Morgan fingerprint density at radius 2 is 2.32 bits per heavy atom. The highest BCUT2D eigenvalue weighted by Gasteiger charge is 2.31. The normalized spacial score (nSPS) is 31.6. The fraction of sp³-hybridized carbons (Fsp3) is 0.750. The van der Waals surface area contributed by atoms with E-state index in [0.29, 0.717) is 6.04 Å². The number of nitrogens with zero attached hydrogens (tertiary/aromatic N) is 1. The van der Waals surface area contributed by atoms with Gasteiger partial charge in [-0.05, 0) is 55.7 Å². The third kappa shape index (κ3) is 2.74. The zero-order chi connectivity index (χ0) is 13.2. The van der Waals surface area contributed by atoms with Crippen molar-refractivity contribution in [3.8, 4) is 0 Å². The van der Waals surface area contributed by atoms with Crippen molar-refractivity contribution in [2.75, 3.05) is 19.6 Å². The van der Waals surface area contributed by atoms with Crippen molar-refractivity contribution in [2.45, 2.75) is 51.6 Å². The summed E-state index contributed by atoms with van der Waals surface area (Å²) in [5.41, 5.74) is 1.59. The second-order valence-corrected chi connectivity index (χ2v) is 7.08. The summed E-state index contributed by atoms with van der Waals surface area (Å²) >= 11 is 1.94. The van der Waals surface area contributed by atoms with E-state index >= 15 is 0 Å². The molecule has 2 aliphatic rings. The third-order valence-corrected chi connectivity index (χ3v) is 5.99. The summed E-state index contributed by atoms with van der Waals surface area (Å²) < 4.78 is 0. The summed E-state index contributed by atoms with van der Waals surface area (Å²) in [7, 11) is 0. The molecule has 3 rings (SSSR count). The Morgan fingerprint density at radius 1 is 1.42 bits per heavy atom. The predicted molar refractivity (Wildman–Crippen MR) is 82.8 cm³/mol. The van der Waals surface area contributed by atoms with Crippen molar-refractivity contribution in [3.63, 3.8) is 0 Å². The highest BCUT2D eigenvalue weighted by molar-refractivity contribution is 7.10. The molecule has 1 aromatic rings. The van der Waals surface area contributed by atoms with Crippen LogP contribution in [0.4, 0.5) is 0 Å². The maximum absolute atomic E-state index is 3.69. The fourth-order valence-corrected chi connectivity index (χ4v) is 4.86. The quantitative estimate of drug-likeness (QED) is 0.907. The van der Waals surface area contributed by atoms with Crippen molar-refractivity contribution < 1.29 is 0 Å². The van der Waals surface area contributed by atoms with Gasteiger partial charge < -0.3 is 5.32 Å². The molecule has 3 heteroatoms. The molecule has 19 heavy (non-hydrogen) atoms. The second kappa shape index (κ2) is 5.94. The van der Waals surface area contributed by atoms with Crippen LogP contribution in [0.15, 0.2) is 11.4 Å². The Bertz CT molecular complexity index is 415. The Morgan fingerprint density at radius 3 is 3.16 bits per heavy atom. The predicted octanol–water partition coefficient (Wildman–Crippen LogP) is 3.45. The van der Waals surface area contributed by atoms with Gasteiger partial charge in [0, 0.05) is 30.1 Å². The highest BCUT2D eigenvalue weighted by Crippen LogP contribution is 2.35. The van der Waals surface area contributed by atoms with Crippen molar-refractivity contribution >= 4 is 11.3 Å². The monoisotopic (exact) mass is 278 g/mol. The van der Waals surface area contributed by atoms with Gasteiger partial charge in [-0.2, -0.15) is 0 Å². The molecule has 0 aromatic carbocycles. The van der Waals surface area contributed by atoms with Gasteiger partial charge in [-0.3, -0.25) is 4.90 Å². The Kier molecular flexibility index (Phi) is 4.25. The molecule has 2 heterocycles. The van der Waals surface area contributed by atoms with Crippen LogP contribution in [-0.4, -0.2) is 30.6 Å². The molecule has 2 nitrogen and oxygen atoms in total. The molecule has 1 saturated carbocycles. The van der Waals surface area contributed by atoms with Gasteiger partial charge in [0.15, 0.2) is 0 Å². The zero-order valence-electron chi connectivity index (χ0n) is 12.2. The molecule has 106 valence electrons. The first-order chi connectivity index (χ1) is 9.29. The van der Waals surface area contributed by atoms with Gasteiger partial charge in [-0.1, -0.05) is 13.3 Å². The maximum atomic E-state index is 3.69. The van der Waals surface area contributed by atoms with Crippen LogP contribution in [0.3, 0.4) is 0 Å². The molecule has 0 amide bonds. The highest BCUT2D eigenvalue weighted by atomic mass is 32.1. The number of thiophene rings is 1. The molecule has 3 unspecified atom stereocenters. The molecular weight excluding hydrogens is 252 g/mol. The summed E-state index contributed by atoms with van der Waals surface area (Å²) in [6.07, 6.45) is 5.46. The van der Waals surface area contributed by atoms with E-state index < -0.39 is 0 Å². The molecule has 0 bridgehead atoms. The van der Waals surface area contributed by atoms with Crippen LogP contribution in [0.2, 0.25) is 0 Å². The summed E-state index contributed by atoms with van der Waals surface area (Å²) in [5.74, 6) is 0.864. The van der Waals surface area contributed by atoms with Crippen LogP contribution < -0.4 is 5.32 Å². The molecule has 1 aliphatic heterocycles. The summed E-state index contributed by atoms with van der Waals surface area (Å²) in [6, 6.07) is 3.73. The largest absolute Gasteiger partial charge is 0.314 e. The maximum Gasteiger partial charge on any atom is 0.0331 e. The van der Waals surface area contributed by atoms with E-state index in [1.165, 1.54) is 38.8 Å². The zero-order valence-corrected chi connectivity index (χ0v) is 13.0. The van der Waals surface area contributed by atoms with Gasteiger partial charge in [0.2, 0.25) is 0 Å². The van der Waals surface area contributed by atoms with Gasteiger partial charge in [0.05, 0.1) is 0 Å². The summed E-state index contributed by atoms with van der Waals surface area (Å²) in [5, 5.41) is 5.95. The SMILES string of the molecule is CCNC1CCCC1CN1CCc2sccc2C1C. The van der Waals surface area contributed by atoms with Gasteiger partial charge in [-0.15, -0.1) is 11.3 Å². The Labute approximate surface area is 121 Å². The van der Waals surface area contributed by atoms with Gasteiger partial charge in [0.1, 0.15) is 0 Å². The lowest BCUT2D eigenvalue weighted by atomic mass is 9.97. The van der Waals surface area contributed by atoms with E-state index in [-0.39, 0.29) is 0 Å². The molecule has 1 N–H and O–H groups in total. The topological polar surface area (TPSA) is 15.3 Å². The average Bonchev–Trinajstić information content (AvgIpc) is 3.03. The molecule has 1 aromatic heterocycles. The third-order valence-electron chi connectivity index (χ3n) is 5.00. The van der Waals surface area contributed by atoms with Crippen LogP contribution in [0.25, 0.3) is 0 Å². The Balaban J connectivity index is 1.64. The van der Waals surface area contributed by atoms with Gasteiger partial charge in [0.25, 0.3) is 0 Å². The van der Waals surface area contributed by atoms with Crippen LogP contribution in [0, 0.1) is 5.92 Å². The van der Waals surface area contributed by atoms with Crippen LogP contribution >= 0.6 is 11.3 Å². The van der Waals surface area contributed by atoms with E-state index in [1.54, 1.807) is 10.4 Å². The minimum absolute atomic E-state index is 0.623. The van der Waals surface area contributed by atoms with Crippen molar-refractivity contribution in [1.82, 2.24) is 10.2 Å². The smallest absolute Gasteiger partial charge is 0.0331 e.